The van der Waals surface area contributed by atoms with Crippen LogP contribution in [0.2, 0.25) is 5.02 Å². The fraction of sp³-hybridized carbons (Fsp3) is 0.600. The van der Waals surface area contributed by atoms with Gasteiger partial charge in [0.2, 0.25) is 5.95 Å². The van der Waals surface area contributed by atoms with E-state index >= 15 is 0 Å². The topological polar surface area (TPSA) is 116 Å². The Kier molecular flexibility index (Phi) is 7.24. The smallest absolute Gasteiger partial charge is 0.380 e. The number of carbonyl (C=O) groups excluding carboxylic acids is 1. The number of imidazole rings is 1. The van der Waals surface area contributed by atoms with Crippen molar-refractivity contribution in [2.24, 2.45) is 11.8 Å². The van der Waals surface area contributed by atoms with Gasteiger partial charge in [-0.15, -0.1) is 5.48 Å². The summed E-state index contributed by atoms with van der Waals surface area (Å²) in [4.78, 5) is 34.1. The zero-order chi connectivity index (χ0) is 29.0. The second-order valence-corrected chi connectivity index (χ2v) is 12.9. The van der Waals surface area contributed by atoms with Crippen molar-refractivity contribution in [1.82, 2.24) is 30.3 Å². The minimum Gasteiger partial charge on any atom is -0.380 e. The number of amides is 1. The third-order valence-corrected chi connectivity index (χ3v) is 9.92. The Morgan fingerprint density at radius 3 is 2.62 bits per heavy atom. The summed E-state index contributed by atoms with van der Waals surface area (Å²) in [6.45, 7) is 3.92. The number of hydrogen-bond acceptors (Lipinski definition) is 9. The summed E-state index contributed by atoms with van der Waals surface area (Å²) in [6, 6.07) is 3.97. The first-order chi connectivity index (χ1) is 20.4. The molecule has 12 heteroatoms. The van der Waals surface area contributed by atoms with Crippen molar-refractivity contribution >= 4 is 34.7 Å². The molecule has 2 aliphatic heterocycles. The van der Waals surface area contributed by atoms with E-state index < -0.39 is 12.3 Å². The molecule has 3 atom stereocenters. The van der Waals surface area contributed by atoms with Crippen LogP contribution in [0.25, 0.3) is 22.3 Å². The Morgan fingerprint density at radius 2 is 1.95 bits per heavy atom. The second-order valence-electron chi connectivity index (χ2n) is 12.4. The Hall–Kier alpha value is -2.99. The lowest BCUT2D eigenvalue weighted by Gasteiger charge is -2.33. The number of methoxy groups -OCH3 is 2. The van der Waals surface area contributed by atoms with E-state index in [2.05, 4.69) is 32.2 Å². The van der Waals surface area contributed by atoms with Gasteiger partial charge in [-0.05, 0) is 56.1 Å². The van der Waals surface area contributed by atoms with Gasteiger partial charge in [0.15, 0.2) is 6.17 Å². The first kappa shape index (κ1) is 27.8. The van der Waals surface area contributed by atoms with Gasteiger partial charge in [0.05, 0.1) is 45.2 Å². The molecular weight excluding hydrogens is 558 g/mol. The van der Waals surface area contributed by atoms with Crippen molar-refractivity contribution in [2.45, 2.75) is 82.3 Å². The van der Waals surface area contributed by atoms with E-state index in [0.717, 1.165) is 66.5 Å². The highest BCUT2D eigenvalue weighted by molar-refractivity contribution is 6.30. The van der Waals surface area contributed by atoms with Crippen LogP contribution in [0.1, 0.15) is 63.7 Å². The highest BCUT2D eigenvalue weighted by Crippen LogP contribution is 2.49. The van der Waals surface area contributed by atoms with Gasteiger partial charge in [0, 0.05) is 45.3 Å². The van der Waals surface area contributed by atoms with Crippen LogP contribution >= 0.6 is 11.6 Å². The normalized spacial score (nSPS) is 28.7. The largest absolute Gasteiger partial charge is 0.427 e. The van der Waals surface area contributed by atoms with E-state index in [1.807, 2.05) is 19.2 Å². The number of nitrogens with zero attached hydrogens (tertiary/aromatic N) is 5. The summed E-state index contributed by atoms with van der Waals surface area (Å²) < 4.78 is 14.4. The molecule has 3 aromatic heterocycles. The Balaban J connectivity index is 1.42. The fourth-order valence-corrected chi connectivity index (χ4v) is 7.30. The van der Waals surface area contributed by atoms with Gasteiger partial charge in [-0.1, -0.05) is 31.4 Å². The summed E-state index contributed by atoms with van der Waals surface area (Å²) in [5, 5.41) is 3.30. The maximum Gasteiger partial charge on any atom is 0.427 e. The van der Waals surface area contributed by atoms with Gasteiger partial charge in [0.1, 0.15) is 0 Å². The SMILES string of the molecule is CO[C@@H]1C[C@@H](C2(OC)CC2)N(c2nc3cc(C4NOC(=O)N4)nc(-c4cncc(Cl)c4)c3n2CC2CCC(C)CC2)C1. The third-order valence-electron chi connectivity index (χ3n) is 9.72. The van der Waals surface area contributed by atoms with Crippen LogP contribution in [0.4, 0.5) is 10.7 Å². The van der Waals surface area contributed by atoms with Crippen LogP contribution < -0.4 is 15.7 Å². The van der Waals surface area contributed by atoms with E-state index in [9.17, 15) is 4.79 Å². The Morgan fingerprint density at radius 1 is 1.14 bits per heavy atom. The molecule has 5 heterocycles. The number of pyridine rings is 2. The number of aromatic nitrogens is 4. The molecule has 7 rings (SSSR count). The van der Waals surface area contributed by atoms with Crippen molar-refractivity contribution in [3.63, 3.8) is 0 Å². The summed E-state index contributed by atoms with van der Waals surface area (Å²) in [7, 11) is 3.61. The molecule has 0 spiro atoms. The lowest BCUT2D eigenvalue weighted by molar-refractivity contribution is 0.0481. The van der Waals surface area contributed by atoms with Crippen LogP contribution in [-0.2, 0) is 20.9 Å². The van der Waals surface area contributed by atoms with E-state index in [-0.39, 0.29) is 17.7 Å². The van der Waals surface area contributed by atoms with Crippen molar-refractivity contribution in [3.8, 4) is 11.3 Å². The molecule has 0 aromatic carbocycles. The van der Waals surface area contributed by atoms with Gasteiger partial charge in [-0.3, -0.25) is 10.3 Å². The maximum absolute atomic E-state index is 11.9. The predicted molar refractivity (Wildman–Crippen MR) is 158 cm³/mol. The van der Waals surface area contributed by atoms with E-state index in [1.54, 1.807) is 19.5 Å². The molecule has 2 saturated carbocycles. The zero-order valence-electron chi connectivity index (χ0n) is 24.3. The highest BCUT2D eigenvalue weighted by atomic mass is 35.5. The molecule has 2 N–H and O–H groups in total. The molecule has 2 aliphatic carbocycles. The lowest BCUT2D eigenvalue weighted by atomic mass is 9.83. The van der Waals surface area contributed by atoms with Crippen molar-refractivity contribution in [3.05, 3.63) is 35.2 Å². The van der Waals surface area contributed by atoms with Crippen LogP contribution in [0.15, 0.2) is 24.5 Å². The van der Waals surface area contributed by atoms with Crippen molar-refractivity contribution in [1.29, 1.82) is 0 Å². The third kappa shape index (κ3) is 5.00. The summed E-state index contributed by atoms with van der Waals surface area (Å²) in [6.07, 6.45) is 10.1. The first-order valence-electron chi connectivity index (χ1n) is 15.0. The molecule has 224 valence electrons. The van der Waals surface area contributed by atoms with Gasteiger partial charge in [-0.2, -0.15) is 0 Å². The van der Waals surface area contributed by atoms with Crippen molar-refractivity contribution < 1.29 is 19.1 Å². The summed E-state index contributed by atoms with van der Waals surface area (Å²) in [5.41, 5.74) is 6.37. The molecule has 1 unspecified atom stereocenters. The monoisotopic (exact) mass is 595 g/mol. The zero-order valence-corrected chi connectivity index (χ0v) is 25.1. The molecule has 3 aromatic rings. The molecule has 42 heavy (non-hydrogen) atoms. The number of halogens is 1. The number of fused-ring (bicyclic) bond motifs is 1. The molecule has 11 nitrogen and oxygen atoms in total. The second kappa shape index (κ2) is 10.9. The molecule has 4 fully saturated rings. The van der Waals surface area contributed by atoms with E-state index in [4.69, 9.17) is 35.9 Å². The average molecular weight is 596 g/mol. The Labute approximate surface area is 250 Å². The number of anilines is 1. The number of nitrogens with one attached hydrogen (secondary N) is 2. The van der Waals surface area contributed by atoms with Gasteiger partial charge in [0.25, 0.3) is 0 Å². The van der Waals surface area contributed by atoms with Crippen LogP contribution in [0, 0.1) is 11.8 Å². The predicted octanol–water partition coefficient (Wildman–Crippen LogP) is 4.99. The molecule has 2 saturated heterocycles. The van der Waals surface area contributed by atoms with Gasteiger partial charge < -0.3 is 23.8 Å². The van der Waals surface area contributed by atoms with Gasteiger partial charge in [-0.25, -0.2) is 14.8 Å². The fourth-order valence-electron chi connectivity index (χ4n) is 7.12. The molecule has 1 amide bonds. The van der Waals surface area contributed by atoms with Gasteiger partial charge >= 0.3 is 6.09 Å². The van der Waals surface area contributed by atoms with E-state index in [1.165, 1.54) is 25.7 Å². The summed E-state index contributed by atoms with van der Waals surface area (Å²) in [5.74, 6) is 2.20. The minimum atomic E-state index is -0.609. The highest BCUT2D eigenvalue weighted by Gasteiger charge is 2.56. The first-order valence-corrected chi connectivity index (χ1v) is 15.3. The van der Waals surface area contributed by atoms with E-state index in [0.29, 0.717) is 16.6 Å². The number of ether oxygens (including phenoxy) is 2. The standard InChI is InChI=1S/C30H38ClN7O4/c1-17-4-6-18(7-5-17)15-38-26-22(34-28(38)37-16-21(40-2)11-24(37)30(41-3)8-9-30)12-23(27-35-29(39)42-36-27)33-25(26)19-10-20(31)14-32-13-19/h10,12-14,17-18,21,24,27,36H,4-9,11,15-16H2,1-3H3,(H,35,39)/t17?,18?,21-,24+,27?/m1/s1. The quantitative estimate of drug-likeness (QED) is 0.371. The number of rotatable bonds is 8. The number of hydrogen-bond donors (Lipinski definition) is 2. The molecule has 0 bridgehead atoms. The molecule has 0 radical (unpaired) electrons. The van der Waals surface area contributed by atoms with Crippen LogP contribution in [0.5, 0.6) is 0 Å². The Bertz CT molecular complexity index is 1490. The minimum absolute atomic E-state index is 0.0896. The average Bonchev–Trinajstić information content (AvgIpc) is 3.28. The van der Waals surface area contributed by atoms with Crippen molar-refractivity contribution in [2.75, 3.05) is 25.7 Å². The molecular formula is C30H38ClN7O4. The summed E-state index contributed by atoms with van der Waals surface area (Å²) >= 11 is 6.44. The molecule has 4 aliphatic rings. The van der Waals surface area contributed by atoms with Crippen LogP contribution in [0.3, 0.4) is 0 Å². The number of carbonyl (C=O) groups is 1. The van der Waals surface area contributed by atoms with Crippen LogP contribution in [-0.4, -0.2) is 64.1 Å². The lowest BCUT2D eigenvalue weighted by Crippen LogP contribution is -2.43. The number of hydroxylamine groups is 1. The maximum atomic E-state index is 11.9.